The van der Waals surface area contributed by atoms with Crippen LogP contribution in [0.5, 0.6) is 0 Å². The van der Waals surface area contributed by atoms with Crippen LogP contribution in [-0.2, 0) is 0 Å². The van der Waals surface area contributed by atoms with Gasteiger partial charge in [-0.15, -0.1) is 0 Å². The van der Waals surface area contributed by atoms with Gasteiger partial charge in [-0.25, -0.2) is 0 Å². The zero-order valence-electron chi connectivity index (χ0n) is 10.4. The lowest BCUT2D eigenvalue weighted by Gasteiger charge is -2.88. The third kappa shape index (κ3) is 0.630. The van der Waals surface area contributed by atoms with Crippen LogP contribution < -0.4 is 0 Å². The standard InChI is InChI=1S/C14H24/c1-9(2)11-13-6-10(3)12(4,5)14(11,7-13)8-13/h9-11H,6-8H2,1-5H3/t10-,11?,13?,14?/m1/s1. The average Bonchev–Trinajstić information content (AvgIpc) is 1.88. The van der Waals surface area contributed by atoms with E-state index in [1.807, 2.05) is 0 Å². The van der Waals surface area contributed by atoms with Crippen molar-refractivity contribution < 1.29 is 0 Å². The largest absolute Gasteiger partial charge is 0.0625 e. The zero-order valence-corrected chi connectivity index (χ0v) is 10.4. The highest BCUT2D eigenvalue weighted by Gasteiger charge is 2.83. The average molecular weight is 192 g/mol. The molecule has 80 valence electrons. The summed E-state index contributed by atoms with van der Waals surface area (Å²) in [4.78, 5) is 0. The van der Waals surface area contributed by atoms with Crippen molar-refractivity contribution >= 4 is 0 Å². The Morgan fingerprint density at radius 2 is 1.71 bits per heavy atom. The van der Waals surface area contributed by atoms with Gasteiger partial charge in [0.1, 0.15) is 0 Å². The molecular weight excluding hydrogens is 168 g/mol. The maximum absolute atomic E-state index is 2.54. The summed E-state index contributed by atoms with van der Waals surface area (Å²) in [6, 6.07) is 0. The summed E-state index contributed by atoms with van der Waals surface area (Å²) in [6.07, 6.45) is 4.66. The molecule has 6 fully saturated rings. The summed E-state index contributed by atoms with van der Waals surface area (Å²) in [5, 5.41) is 0. The first-order chi connectivity index (χ1) is 6.36. The molecule has 6 aliphatic carbocycles. The Morgan fingerprint density at radius 1 is 1.14 bits per heavy atom. The van der Waals surface area contributed by atoms with E-state index in [0.29, 0.717) is 5.41 Å². The van der Waals surface area contributed by atoms with Crippen molar-refractivity contribution in [2.45, 2.75) is 53.9 Å². The Balaban J connectivity index is 1.99. The van der Waals surface area contributed by atoms with Gasteiger partial charge in [0.2, 0.25) is 0 Å². The Morgan fingerprint density at radius 3 is 2.14 bits per heavy atom. The van der Waals surface area contributed by atoms with Gasteiger partial charge in [0.25, 0.3) is 0 Å². The van der Waals surface area contributed by atoms with Gasteiger partial charge in [-0.3, -0.25) is 0 Å². The van der Waals surface area contributed by atoms with Crippen molar-refractivity contribution in [2.24, 2.45) is 34.0 Å². The Kier molecular flexibility index (Phi) is 1.37. The van der Waals surface area contributed by atoms with E-state index in [0.717, 1.165) is 28.6 Å². The van der Waals surface area contributed by atoms with E-state index in [1.54, 1.807) is 12.8 Å². The van der Waals surface area contributed by atoms with Gasteiger partial charge in [0.05, 0.1) is 0 Å². The van der Waals surface area contributed by atoms with E-state index in [9.17, 15) is 0 Å². The summed E-state index contributed by atoms with van der Waals surface area (Å²) < 4.78 is 0. The Labute approximate surface area is 88.5 Å². The lowest BCUT2D eigenvalue weighted by atomic mass is 9.16. The first-order valence-corrected chi connectivity index (χ1v) is 6.36. The third-order valence-electron chi connectivity index (χ3n) is 6.48. The van der Waals surface area contributed by atoms with Gasteiger partial charge in [0, 0.05) is 0 Å². The normalized spacial score (nSPS) is 57.9. The van der Waals surface area contributed by atoms with E-state index in [2.05, 4.69) is 34.6 Å². The molecule has 14 heavy (non-hydrogen) atoms. The van der Waals surface area contributed by atoms with E-state index in [-0.39, 0.29) is 0 Å². The summed E-state index contributed by atoms with van der Waals surface area (Å²) in [7, 11) is 0. The molecule has 2 bridgehead atoms. The minimum atomic E-state index is 0.613. The van der Waals surface area contributed by atoms with E-state index < -0.39 is 0 Å². The molecule has 0 amide bonds. The molecule has 2 atom stereocenters. The fourth-order valence-electron chi connectivity index (χ4n) is 5.80. The van der Waals surface area contributed by atoms with Crippen molar-refractivity contribution in [1.82, 2.24) is 0 Å². The molecule has 0 aromatic heterocycles. The topological polar surface area (TPSA) is 0 Å². The van der Waals surface area contributed by atoms with E-state index in [4.69, 9.17) is 0 Å². The molecule has 1 unspecified atom stereocenters. The van der Waals surface area contributed by atoms with Gasteiger partial charge in [-0.05, 0) is 53.3 Å². The van der Waals surface area contributed by atoms with Crippen LogP contribution in [0.2, 0.25) is 0 Å². The Bertz CT molecular complexity index is 278. The molecule has 0 radical (unpaired) electrons. The minimum absolute atomic E-state index is 0.613. The first kappa shape index (κ1) is 9.24. The van der Waals surface area contributed by atoms with Crippen LogP contribution in [0.3, 0.4) is 0 Å². The molecule has 0 saturated heterocycles. The molecule has 6 saturated carbocycles. The predicted octanol–water partition coefficient (Wildman–Crippen LogP) is 4.10. The second-order valence-corrected chi connectivity index (χ2v) is 7.42. The fourth-order valence-corrected chi connectivity index (χ4v) is 5.80. The van der Waals surface area contributed by atoms with Crippen LogP contribution in [0, 0.1) is 34.0 Å². The van der Waals surface area contributed by atoms with Crippen molar-refractivity contribution in [3.8, 4) is 0 Å². The molecule has 0 spiro atoms. The lowest BCUT2D eigenvalue weighted by Crippen LogP contribution is -2.81. The lowest BCUT2D eigenvalue weighted by molar-refractivity contribution is -0.396. The van der Waals surface area contributed by atoms with Gasteiger partial charge < -0.3 is 0 Å². The highest BCUT2D eigenvalue weighted by Crippen LogP contribution is 2.90. The highest BCUT2D eigenvalue weighted by molar-refractivity contribution is 5.31. The molecule has 6 rings (SSSR count). The van der Waals surface area contributed by atoms with Crippen molar-refractivity contribution in [3.63, 3.8) is 0 Å². The van der Waals surface area contributed by atoms with Crippen LogP contribution in [0.25, 0.3) is 0 Å². The first-order valence-electron chi connectivity index (χ1n) is 6.36. The number of hydrogen-bond acceptors (Lipinski definition) is 0. The monoisotopic (exact) mass is 192 g/mol. The zero-order chi connectivity index (χ0) is 10.4. The number of rotatable bonds is 1. The maximum atomic E-state index is 2.54. The van der Waals surface area contributed by atoms with Crippen molar-refractivity contribution in [1.29, 1.82) is 0 Å². The smallest absolute Gasteiger partial charge is 0.0197 e. The molecule has 0 aromatic carbocycles. The van der Waals surface area contributed by atoms with Crippen molar-refractivity contribution in [2.75, 3.05) is 0 Å². The van der Waals surface area contributed by atoms with Crippen LogP contribution >= 0.6 is 0 Å². The quantitative estimate of drug-likeness (QED) is 0.586. The molecule has 0 N–H and O–H groups in total. The summed E-state index contributed by atoms with van der Waals surface area (Å²) in [6.45, 7) is 12.4. The Hall–Kier alpha value is 0. The predicted molar refractivity (Wildman–Crippen MR) is 60.0 cm³/mol. The van der Waals surface area contributed by atoms with Gasteiger partial charge in [-0.2, -0.15) is 0 Å². The molecule has 6 aliphatic rings. The van der Waals surface area contributed by atoms with Crippen LogP contribution in [0.4, 0.5) is 0 Å². The summed E-state index contributed by atoms with van der Waals surface area (Å²) in [5.74, 6) is 2.95. The molecule has 0 heteroatoms. The van der Waals surface area contributed by atoms with Crippen molar-refractivity contribution in [3.05, 3.63) is 0 Å². The summed E-state index contributed by atoms with van der Waals surface area (Å²) in [5.41, 5.74) is 2.20. The minimum Gasteiger partial charge on any atom is -0.0625 e. The third-order valence-corrected chi connectivity index (χ3v) is 6.48. The van der Waals surface area contributed by atoms with Crippen LogP contribution in [0.15, 0.2) is 0 Å². The maximum Gasteiger partial charge on any atom is -0.0197 e. The fraction of sp³-hybridized carbons (Fsp3) is 1.00. The second kappa shape index (κ2) is 2.08. The van der Waals surface area contributed by atoms with Crippen LogP contribution in [0.1, 0.15) is 53.9 Å². The molecule has 0 nitrogen and oxygen atoms in total. The number of hydrogen-bond donors (Lipinski definition) is 0. The van der Waals surface area contributed by atoms with Gasteiger partial charge in [-0.1, -0.05) is 34.6 Å². The highest BCUT2D eigenvalue weighted by atomic mass is 14.9. The van der Waals surface area contributed by atoms with Gasteiger partial charge in [0.15, 0.2) is 0 Å². The molecule has 0 heterocycles. The van der Waals surface area contributed by atoms with Crippen LogP contribution in [-0.4, -0.2) is 0 Å². The second-order valence-electron chi connectivity index (χ2n) is 7.42. The SMILES string of the molecule is CC(C)C1C23C[C@@H](C)C(C)(C)C1(C2)C3. The van der Waals surface area contributed by atoms with E-state index >= 15 is 0 Å². The van der Waals surface area contributed by atoms with Gasteiger partial charge >= 0.3 is 0 Å². The summed E-state index contributed by atoms with van der Waals surface area (Å²) >= 11 is 0. The van der Waals surface area contributed by atoms with E-state index in [1.165, 1.54) is 6.42 Å². The molecule has 0 aromatic rings. The molecular formula is C14H24. The molecule has 0 aliphatic heterocycles.